The van der Waals surface area contributed by atoms with E-state index in [1.165, 1.54) is 50.7 Å². The number of ether oxygens (including phenoxy) is 1. The lowest BCUT2D eigenvalue weighted by Crippen LogP contribution is -2.45. The fraction of sp³-hybridized carbons (Fsp3) is 0.531. The minimum atomic E-state index is -0.889. The van der Waals surface area contributed by atoms with Gasteiger partial charge < -0.3 is 25.6 Å². The summed E-state index contributed by atoms with van der Waals surface area (Å²) in [4.78, 5) is 34.6. The zero-order chi connectivity index (χ0) is 29.7. The number of esters is 1. The lowest BCUT2D eigenvalue weighted by atomic mass is 9.91. The molecule has 1 fully saturated rings. The molecule has 1 heterocycles. The zero-order valence-corrected chi connectivity index (χ0v) is 24.3. The summed E-state index contributed by atoms with van der Waals surface area (Å²) in [5, 5.41) is 28.7. The Morgan fingerprint density at radius 3 is 2.34 bits per heavy atom. The lowest BCUT2D eigenvalue weighted by Gasteiger charge is -2.20. The molecule has 9 nitrogen and oxygen atoms in total. The molecule has 41 heavy (non-hydrogen) atoms. The molecule has 2 atom stereocenters. The van der Waals surface area contributed by atoms with Gasteiger partial charge in [-0.15, -0.1) is 0 Å². The van der Waals surface area contributed by atoms with E-state index in [0.29, 0.717) is 24.1 Å². The summed E-state index contributed by atoms with van der Waals surface area (Å²) in [6.07, 6.45) is 10.2. The van der Waals surface area contributed by atoms with E-state index in [1.807, 2.05) is 12.1 Å². The highest BCUT2D eigenvalue weighted by molar-refractivity contribution is 6.06. The summed E-state index contributed by atoms with van der Waals surface area (Å²) >= 11 is 0. The van der Waals surface area contributed by atoms with Gasteiger partial charge >= 0.3 is 12.0 Å². The van der Waals surface area contributed by atoms with Crippen LogP contribution in [0.2, 0.25) is 0 Å². The quantitative estimate of drug-likeness (QED) is 0.101. The Hall–Kier alpha value is -3.43. The highest BCUT2D eigenvalue weighted by atomic mass is 16.5. The molecular weight excluding hydrogens is 522 g/mol. The first-order valence-corrected chi connectivity index (χ1v) is 14.7. The van der Waals surface area contributed by atoms with Gasteiger partial charge in [-0.05, 0) is 61.6 Å². The molecule has 0 saturated carbocycles. The number of carbonyl (C=O) groups excluding carboxylic acids is 3. The van der Waals surface area contributed by atoms with E-state index < -0.39 is 23.6 Å². The summed E-state index contributed by atoms with van der Waals surface area (Å²) < 4.78 is 4.95. The number of hydrogen-bond acceptors (Lipinski definition) is 7. The fourth-order valence-corrected chi connectivity index (χ4v) is 5.11. The van der Waals surface area contributed by atoms with Crippen LogP contribution < -0.4 is 16.0 Å². The van der Waals surface area contributed by atoms with Gasteiger partial charge in [-0.2, -0.15) is 0 Å². The molecule has 224 valence electrons. The summed E-state index contributed by atoms with van der Waals surface area (Å²) in [5.41, 5.74) is 2.58. The summed E-state index contributed by atoms with van der Waals surface area (Å²) in [7, 11) is 0. The second-order valence-corrected chi connectivity index (χ2v) is 11.2. The second kappa shape index (κ2) is 16.1. The third-order valence-electron chi connectivity index (χ3n) is 7.49. The van der Waals surface area contributed by atoms with Crippen LogP contribution in [0.1, 0.15) is 93.6 Å². The van der Waals surface area contributed by atoms with Crippen LogP contribution in [0.3, 0.4) is 0 Å². The SMILES string of the molecule is CC(=O)OCc1cc([C@@H](O)CNCCCCCCCCCCc2cccc(C[C@@]3(C)NC(=O)NC3=O)c2)ccc1O. The van der Waals surface area contributed by atoms with Crippen molar-refractivity contribution in [2.75, 3.05) is 13.1 Å². The first-order chi connectivity index (χ1) is 19.7. The number of unbranched alkanes of at least 4 members (excludes halogenated alkanes) is 7. The van der Waals surface area contributed by atoms with E-state index in [4.69, 9.17) is 4.74 Å². The Labute approximate surface area is 243 Å². The van der Waals surface area contributed by atoms with Crippen LogP contribution in [0, 0.1) is 0 Å². The Morgan fingerprint density at radius 2 is 1.66 bits per heavy atom. The van der Waals surface area contributed by atoms with Crippen LogP contribution in [0.5, 0.6) is 5.75 Å². The van der Waals surface area contributed by atoms with Gasteiger partial charge in [0.25, 0.3) is 5.91 Å². The van der Waals surface area contributed by atoms with Crippen LogP contribution in [0.4, 0.5) is 4.79 Å². The van der Waals surface area contributed by atoms with Crippen LogP contribution in [0.25, 0.3) is 0 Å². The van der Waals surface area contributed by atoms with Crippen molar-refractivity contribution in [3.05, 3.63) is 64.7 Å². The molecule has 1 aliphatic rings. The zero-order valence-electron chi connectivity index (χ0n) is 24.3. The van der Waals surface area contributed by atoms with E-state index in [0.717, 1.165) is 37.8 Å². The highest BCUT2D eigenvalue weighted by Crippen LogP contribution is 2.23. The highest BCUT2D eigenvalue weighted by Gasteiger charge is 2.41. The molecule has 9 heteroatoms. The maximum atomic E-state index is 12.1. The smallest absolute Gasteiger partial charge is 0.322 e. The van der Waals surface area contributed by atoms with Gasteiger partial charge in [0.2, 0.25) is 0 Å². The molecule has 3 rings (SSSR count). The van der Waals surface area contributed by atoms with Crippen molar-refractivity contribution in [1.29, 1.82) is 0 Å². The molecular formula is C32H45N3O6. The van der Waals surface area contributed by atoms with Crippen LogP contribution in [-0.2, 0) is 33.8 Å². The average molecular weight is 568 g/mol. The first-order valence-electron chi connectivity index (χ1n) is 14.7. The van der Waals surface area contributed by atoms with E-state index >= 15 is 0 Å². The van der Waals surface area contributed by atoms with E-state index in [1.54, 1.807) is 19.1 Å². The van der Waals surface area contributed by atoms with Crippen LogP contribution in [0.15, 0.2) is 42.5 Å². The monoisotopic (exact) mass is 567 g/mol. The summed E-state index contributed by atoms with van der Waals surface area (Å²) in [6, 6.07) is 12.7. The van der Waals surface area contributed by atoms with E-state index in [-0.39, 0.29) is 18.3 Å². The molecule has 0 bridgehead atoms. The molecule has 1 aliphatic heterocycles. The minimum Gasteiger partial charge on any atom is -0.508 e. The molecule has 0 radical (unpaired) electrons. The number of imide groups is 1. The average Bonchev–Trinajstić information content (AvgIpc) is 3.18. The van der Waals surface area contributed by atoms with Crippen LogP contribution in [-0.4, -0.2) is 46.7 Å². The van der Waals surface area contributed by atoms with Gasteiger partial charge in [-0.1, -0.05) is 68.9 Å². The number of benzene rings is 2. The predicted octanol–water partition coefficient (Wildman–Crippen LogP) is 4.58. The number of carbonyl (C=O) groups is 3. The second-order valence-electron chi connectivity index (χ2n) is 11.2. The predicted molar refractivity (Wildman–Crippen MR) is 157 cm³/mol. The number of aliphatic hydroxyl groups excluding tert-OH is 1. The van der Waals surface area contributed by atoms with Gasteiger partial charge in [0.15, 0.2) is 0 Å². The number of phenolic OH excluding ortho intramolecular Hbond substituents is 1. The van der Waals surface area contributed by atoms with E-state index in [2.05, 4.69) is 28.1 Å². The number of aliphatic hydroxyl groups is 1. The third kappa shape index (κ3) is 10.8. The summed E-state index contributed by atoms with van der Waals surface area (Å²) in [5.74, 6) is -0.653. The molecule has 3 amide bonds. The number of hydrogen-bond donors (Lipinski definition) is 5. The van der Waals surface area contributed by atoms with Gasteiger partial charge in [-0.25, -0.2) is 4.79 Å². The molecule has 0 spiro atoms. The van der Waals surface area contributed by atoms with Gasteiger partial charge in [0.1, 0.15) is 17.9 Å². The molecule has 1 saturated heterocycles. The molecule has 0 unspecified atom stereocenters. The number of rotatable bonds is 18. The molecule has 2 aromatic rings. The van der Waals surface area contributed by atoms with Gasteiger partial charge in [0.05, 0.1) is 6.10 Å². The Morgan fingerprint density at radius 1 is 0.976 bits per heavy atom. The van der Waals surface area contributed by atoms with Gasteiger partial charge in [-0.3, -0.25) is 14.9 Å². The molecule has 2 aromatic carbocycles. The largest absolute Gasteiger partial charge is 0.508 e. The number of aryl methyl sites for hydroxylation is 1. The molecule has 0 aliphatic carbocycles. The lowest BCUT2D eigenvalue weighted by molar-refractivity contribution is -0.142. The van der Waals surface area contributed by atoms with Crippen LogP contribution >= 0.6 is 0 Å². The summed E-state index contributed by atoms with van der Waals surface area (Å²) in [6.45, 7) is 4.31. The van der Waals surface area contributed by atoms with Crippen molar-refractivity contribution >= 4 is 17.9 Å². The maximum Gasteiger partial charge on any atom is 0.322 e. The number of phenols is 1. The molecule has 5 N–H and O–H groups in total. The van der Waals surface area contributed by atoms with E-state index in [9.17, 15) is 24.6 Å². The number of urea groups is 1. The first kappa shape index (κ1) is 32.1. The van der Waals surface area contributed by atoms with Gasteiger partial charge in [0, 0.05) is 25.5 Å². The van der Waals surface area contributed by atoms with Crippen molar-refractivity contribution in [1.82, 2.24) is 16.0 Å². The fourth-order valence-electron chi connectivity index (χ4n) is 5.11. The topological polar surface area (TPSA) is 137 Å². The van der Waals surface area contributed by atoms with Crippen molar-refractivity contribution in [3.63, 3.8) is 0 Å². The van der Waals surface area contributed by atoms with Crippen molar-refractivity contribution < 1.29 is 29.3 Å². The van der Waals surface area contributed by atoms with Crippen molar-refractivity contribution in [3.8, 4) is 5.75 Å². The van der Waals surface area contributed by atoms with Crippen molar-refractivity contribution in [2.24, 2.45) is 0 Å². The minimum absolute atomic E-state index is 0.0200. The Balaban J connectivity index is 1.20. The Bertz CT molecular complexity index is 1170. The third-order valence-corrected chi connectivity index (χ3v) is 7.49. The van der Waals surface area contributed by atoms with Crippen molar-refractivity contribution in [2.45, 2.75) is 96.3 Å². The number of amides is 3. The maximum absolute atomic E-state index is 12.1. The standard InChI is InChI=1S/C32H45N3O6/c1-23(36)41-22-27-19-26(15-16-28(27)37)29(38)21-33-17-10-8-6-4-3-5-7-9-12-24-13-11-14-25(18-24)20-32(2)30(39)34-31(40)35-32/h11,13-16,18-19,29,33,37-38H,3-10,12,17,20-22H2,1-2H3,(H2,34,35,39,40)/t29-,32+/m0/s1. The Kier molecular flexibility index (Phi) is 12.6. The number of nitrogens with one attached hydrogen (secondary N) is 3. The number of aromatic hydroxyl groups is 1. The normalized spacial score (nSPS) is 17.2. The molecule has 0 aromatic heterocycles.